The van der Waals surface area contributed by atoms with E-state index in [0.29, 0.717) is 16.5 Å². The third-order valence-corrected chi connectivity index (χ3v) is 5.28. The first-order chi connectivity index (χ1) is 12.6. The van der Waals surface area contributed by atoms with Gasteiger partial charge in [-0.05, 0) is 55.8 Å². The largest absolute Gasteiger partial charge is 0.351 e. The van der Waals surface area contributed by atoms with Crippen LogP contribution in [0, 0.1) is 0 Å². The highest BCUT2D eigenvalue weighted by Crippen LogP contribution is 2.21. The van der Waals surface area contributed by atoms with E-state index in [1.54, 1.807) is 10.6 Å². The number of benzene rings is 1. The number of hydrogen-bond acceptors (Lipinski definition) is 5. The summed E-state index contributed by atoms with van der Waals surface area (Å²) in [7, 11) is 1.82. The van der Waals surface area contributed by atoms with Gasteiger partial charge in [-0.15, -0.1) is 10.2 Å². The number of rotatable bonds is 6. The molecule has 0 saturated carbocycles. The maximum Gasteiger partial charge on any atom is 0.253 e. The normalized spacial score (nSPS) is 12.5. The molecule has 0 radical (unpaired) electrons. The van der Waals surface area contributed by atoms with E-state index in [0.717, 1.165) is 4.47 Å². The van der Waals surface area contributed by atoms with Crippen LogP contribution in [-0.2, 0) is 11.8 Å². The highest BCUT2D eigenvalue weighted by molar-refractivity contribution is 9.10. The maximum atomic E-state index is 12.5. The Hall–Kier alpha value is -1.87. The average Bonchev–Trinajstić information content (AvgIpc) is 2.92. The van der Waals surface area contributed by atoms with Crippen LogP contribution in [-0.4, -0.2) is 37.9 Å². The van der Waals surface area contributed by atoms with E-state index in [1.807, 2.05) is 52.9 Å². The van der Waals surface area contributed by atoms with Crippen molar-refractivity contribution >= 4 is 39.5 Å². The van der Waals surface area contributed by atoms with E-state index in [2.05, 4.69) is 36.8 Å². The number of nitrogens with one attached hydrogen (secondary N) is 2. The molecule has 0 aliphatic carbocycles. The van der Waals surface area contributed by atoms with Crippen LogP contribution in [0.25, 0.3) is 0 Å². The van der Waals surface area contributed by atoms with Crippen LogP contribution in [0.4, 0.5) is 0 Å². The van der Waals surface area contributed by atoms with Gasteiger partial charge in [0.2, 0.25) is 5.91 Å². The first kappa shape index (κ1) is 21.4. The van der Waals surface area contributed by atoms with Gasteiger partial charge in [-0.25, -0.2) is 0 Å². The number of nitrogens with zero attached hydrogens (tertiary/aromatic N) is 3. The quantitative estimate of drug-likeness (QED) is 0.655. The molecule has 1 unspecified atom stereocenters. The first-order valence-corrected chi connectivity index (χ1v) is 10.2. The van der Waals surface area contributed by atoms with Gasteiger partial charge in [-0.1, -0.05) is 23.9 Å². The lowest BCUT2D eigenvalue weighted by molar-refractivity contribution is -0.119. The molecule has 0 spiro atoms. The average molecular weight is 454 g/mol. The summed E-state index contributed by atoms with van der Waals surface area (Å²) < 4.78 is 2.52. The van der Waals surface area contributed by atoms with Gasteiger partial charge in [-0.3, -0.25) is 9.59 Å². The van der Waals surface area contributed by atoms with Gasteiger partial charge < -0.3 is 15.2 Å². The highest BCUT2D eigenvalue weighted by atomic mass is 79.9. The Bertz CT molecular complexity index is 831. The summed E-state index contributed by atoms with van der Waals surface area (Å²) in [5.41, 5.74) is 0.285. The fourth-order valence-electron chi connectivity index (χ4n) is 2.40. The molecule has 1 heterocycles. The third-order valence-electron chi connectivity index (χ3n) is 3.57. The molecule has 0 saturated heterocycles. The smallest absolute Gasteiger partial charge is 0.253 e. The Morgan fingerprint density at radius 1 is 1.26 bits per heavy atom. The molecule has 1 aromatic heterocycles. The topological polar surface area (TPSA) is 88.9 Å². The summed E-state index contributed by atoms with van der Waals surface area (Å²) >= 11 is 4.69. The fourth-order valence-corrected chi connectivity index (χ4v) is 3.58. The predicted molar refractivity (Wildman–Crippen MR) is 110 cm³/mol. The van der Waals surface area contributed by atoms with Crippen LogP contribution in [0.1, 0.15) is 49.9 Å². The monoisotopic (exact) mass is 453 g/mol. The van der Waals surface area contributed by atoms with Gasteiger partial charge >= 0.3 is 0 Å². The van der Waals surface area contributed by atoms with Crippen molar-refractivity contribution in [2.45, 2.75) is 44.4 Å². The summed E-state index contributed by atoms with van der Waals surface area (Å²) in [4.78, 5) is 24.4. The Morgan fingerprint density at radius 3 is 2.56 bits per heavy atom. The zero-order valence-electron chi connectivity index (χ0n) is 16.0. The van der Waals surface area contributed by atoms with Gasteiger partial charge in [-0.2, -0.15) is 0 Å². The SMILES string of the molecule is CC(NC(=O)c1ccccc1Br)c1nnc(SCC(=O)NC(C)(C)C)n1C. The van der Waals surface area contributed by atoms with Crippen LogP contribution in [0.15, 0.2) is 33.9 Å². The van der Waals surface area contributed by atoms with Crippen molar-refractivity contribution in [3.8, 4) is 0 Å². The summed E-state index contributed by atoms with van der Waals surface area (Å²) in [6.07, 6.45) is 0. The lowest BCUT2D eigenvalue weighted by Crippen LogP contribution is -2.41. The zero-order valence-corrected chi connectivity index (χ0v) is 18.4. The second kappa shape index (κ2) is 8.88. The number of hydrogen-bond donors (Lipinski definition) is 2. The molecule has 0 bridgehead atoms. The standard InChI is InChI=1S/C18H24BrN5O2S/c1-11(20-16(26)12-8-6-7-9-13(12)19)15-22-23-17(24(15)5)27-10-14(25)21-18(2,3)4/h6-9,11H,10H2,1-5H3,(H,20,26)(H,21,25). The van der Waals surface area contributed by atoms with Gasteiger partial charge in [0.15, 0.2) is 11.0 Å². The van der Waals surface area contributed by atoms with E-state index in [4.69, 9.17) is 0 Å². The number of carbonyl (C=O) groups excluding carboxylic acids is 2. The Morgan fingerprint density at radius 2 is 1.93 bits per heavy atom. The summed E-state index contributed by atoms with van der Waals surface area (Å²) in [6.45, 7) is 7.65. The number of amides is 2. The molecule has 146 valence electrons. The van der Waals surface area contributed by atoms with Crippen molar-refractivity contribution in [2.75, 3.05) is 5.75 Å². The van der Waals surface area contributed by atoms with Gasteiger partial charge in [0.25, 0.3) is 5.91 Å². The molecule has 2 rings (SSSR count). The lowest BCUT2D eigenvalue weighted by atomic mass is 10.1. The fraction of sp³-hybridized carbons (Fsp3) is 0.444. The number of carbonyl (C=O) groups is 2. The van der Waals surface area contributed by atoms with Crippen LogP contribution < -0.4 is 10.6 Å². The second-order valence-corrected chi connectivity index (χ2v) is 8.96. The van der Waals surface area contributed by atoms with Crippen molar-refractivity contribution in [2.24, 2.45) is 7.05 Å². The third kappa shape index (κ3) is 6.07. The molecule has 2 aromatic rings. The molecule has 0 fully saturated rings. The minimum Gasteiger partial charge on any atom is -0.351 e. The van der Waals surface area contributed by atoms with Crippen LogP contribution in [0.3, 0.4) is 0 Å². The molecule has 27 heavy (non-hydrogen) atoms. The lowest BCUT2D eigenvalue weighted by Gasteiger charge is -2.20. The van der Waals surface area contributed by atoms with Crippen molar-refractivity contribution in [3.05, 3.63) is 40.1 Å². The number of halogens is 1. The van der Waals surface area contributed by atoms with Crippen LogP contribution in [0.5, 0.6) is 0 Å². The van der Waals surface area contributed by atoms with E-state index in [9.17, 15) is 9.59 Å². The molecule has 7 nitrogen and oxygen atoms in total. The van der Waals surface area contributed by atoms with Crippen molar-refractivity contribution < 1.29 is 9.59 Å². The summed E-state index contributed by atoms with van der Waals surface area (Å²) in [5.74, 6) is 0.610. The molecule has 0 aliphatic heterocycles. The van der Waals surface area contributed by atoms with E-state index >= 15 is 0 Å². The Balaban J connectivity index is 2.00. The van der Waals surface area contributed by atoms with E-state index in [1.165, 1.54) is 11.8 Å². The van der Waals surface area contributed by atoms with E-state index < -0.39 is 0 Å². The molecular weight excluding hydrogens is 430 g/mol. The zero-order chi connectivity index (χ0) is 20.2. The molecule has 9 heteroatoms. The molecule has 1 atom stereocenters. The van der Waals surface area contributed by atoms with Crippen LogP contribution in [0.2, 0.25) is 0 Å². The number of aromatic nitrogens is 3. The Kier molecular flexibility index (Phi) is 7.05. The molecule has 2 amide bonds. The Labute approximate surface area is 171 Å². The maximum absolute atomic E-state index is 12.5. The molecule has 2 N–H and O–H groups in total. The van der Waals surface area contributed by atoms with Gasteiger partial charge in [0.05, 0.1) is 17.4 Å². The second-order valence-electron chi connectivity index (χ2n) is 7.16. The number of thioether (sulfide) groups is 1. The van der Waals surface area contributed by atoms with Gasteiger partial charge in [0, 0.05) is 17.1 Å². The molecular formula is C18H24BrN5O2S. The summed E-state index contributed by atoms with van der Waals surface area (Å²) in [5, 5.41) is 14.8. The highest BCUT2D eigenvalue weighted by Gasteiger charge is 2.20. The van der Waals surface area contributed by atoms with Gasteiger partial charge in [0.1, 0.15) is 0 Å². The molecule has 0 aliphatic rings. The minimum atomic E-state index is -0.333. The summed E-state index contributed by atoms with van der Waals surface area (Å²) in [6, 6.07) is 6.90. The van der Waals surface area contributed by atoms with Crippen LogP contribution >= 0.6 is 27.7 Å². The molecule has 1 aromatic carbocycles. The first-order valence-electron chi connectivity index (χ1n) is 8.47. The van der Waals surface area contributed by atoms with Crippen molar-refractivity contribution in [1.82, 2.24) is 25.4 Å². The minimum absolute atomic E-state index is 0.0627. The van der Waals surface area contributed by atoms with Crippen molar-refractivity contribution in [1.29, 1.82) is 0 Å². The van der Waals surface area contributed by atoms with Crippen molar-refractivity contribution in [3.63, 3.8) is 0 Å². The van der Waals surface area contributed by atoms with E-state index in [-0.39, 0.29) is 29.1 Å². The predicted octanol–water partition coefficient (Wildman–Crippen LogP) is 3.08.